The molecule has 1 aromatic heterocycles. The van der Waals surface area contributed by atoms with Crippen molar-refractivity contribution in [2.75, 3.05) is 5.75 Å². The van der Waals surface area contributed by atoms with Crippen LogP contribution in [0.1, 0.15) is 19.5 Å². The lowest BCUT2D eigenvalue weighted by atomic mass is 10.2. The Morgan fingerprint density at radius 1 is 1.37 bits per heavy atom. The molecular weight excluding hydrogens is 262 g/mol. The van der Waals surface area contributed by atoms with Crippen LogP contribution < -0.4 is 5.73 Å². The number of sulfone groups is 1. The van der Waals surface area contributed by atoms with Crippen molar-refractivity contribution < 1.29 is 8.42 Å². The highest BCUT2D eigenvalue weighted by Gasteiger charge is 2.19. The summed E-state index contributed by atoms with van der Waals surface area (Å²) in [5.74, 6) is -0.0671. The molecule has 0 fully saturated rings. The number of aromatic nitrogens is 2. The van der Waals surface area contributed by atoms with E-state index in [1.807, 2.05) is 35.9 Å². The third-order valence-electron chi connectivity index (χ3n) is 2.91. The number of para-hydroxylation sites is 1. The lowest BCUT2D eigenvalue weighted by Gasteiger charge is -2.05. The Morgan fingerprint density at radius 2 is 2.05 bits per heavy atom. The van der Waals surface area contributed by atoms with Gasteiger partial charge in [-0.2, -0.15) is 5.10 Å². The van der Waals surface area contributed by atoms with E-state index in [0.29, 0.717) is 12.2 Å². The van der Waals surface area contributed by atoms with Crippen LogP contribution in [0, 0.1) is 0 Å². The van der Waals surface area contributed by atoms with Gasteiger partial charge in [-0.05, 0) is 19.9 Å². The second kappa shape index (κ2) is 5.30. The molecule has 104 valence electrons. The minimum Gasteiger partial charge on any atom is -0.327 e. The van der Waals surface area contributed by atoms with Gasteiger partial charge in [-0.15, -0.1) is 0 Å². The smallest absolute Gasteiger partial charge is 0.157 e. The normalized spacial score (nSPS) is 13.8. The lowest BCUT2D eigenvalue weighted by molar-refractivity contribution is 0.587. The van der Waals surface area contributed by atoms with Crippen LogP contribution >= 0.6 is 0 Å². The van der Waals surface area contributed by atoms with Crippen molar-refractivity contribution in [1.82, 2.24) is 9.78 Å². The van der Waals surface area contributed by atoms with Crippen LogP contribution in [-0.4, -0.2) is 30.0 Å². The summed E-state index contributed by atoms with van der Waals surface area (Å²) in [5.41, 5.74) is 7.15. The van der Waals surface area contributed by atoms with Crippen LogP contribution in [0.3, 0.4) is 0 Å². The maximum absolute atomic E-state index is 12.0. The third kappa shape index (κ3) is 3.13. The fraction of sp³-hybridized carbons (Fsp3) is 0.462. The molecule has 2 rings (SSSR count). The van der Waals surface area contributed by atoms with Crippen LogP contribution in [0.4, 0.5) is 0 Å². The van der Waals surface area contributed by atoms with Gasteiger partial charge in [0.05, 0.1) is 22.7 Å². The summed E-state index contributed by atoms with van der Waals surface area (Å²) in [6.45, 7) is 4.40. The van der Waals surface area contributed by atoms with Gasteiger partial charge >= 0.3 is 0 Å². The van der Waals surface area contributed by atoms with Crippen LogP contribution in [-0.2, 0) is 22.1 Å². The van der Waals surface area contributed by atoms with Crippen LogP contribution in [0.5, 0.6) is 0 Å². The Kier molecular flexibility index (Phi) is 3.91. The van der Waals surface area contributed by atoms with Gasteiger partial charge < -0.3 is 5.73 Å². The Hall–Kier alpha value is -1.40. The third-order valence-corrected chi connectivity index (χ3v) is 4.65. The fourth-order valence-corrected chi connectivity index (χ4v) is 3.76. The summed E-state index contributed by atoms with van der Waals surface area (Å²) in [5, 5.41) is 5.30. The van der Waals surface area contributed by atoms with E-state index in [1.54, 1.807) is 6.92 Å². The highest BCUT2D eigenvalue weighted by Crippen LogP contribution is 2.20. The first kappa shape index (κ1) is 14.0. The van der Waals surface area contributed by atoms with Crippen molar-refractivity contribution in [3.8, 4) is 0 Å². The summed E-state index contributed by atoms with van der Waals surface area (Å²) in [6, 6.07) is 7.32. The lowest BCUT2D eigenvalue weighted by Crippen LogP contribution is -2.27. The molecule has 1 unspecified atom stereocenters. The molecule has 1 aromatic carbocycles. The van der Waals surface area contributed by atoms with Crippen LogP contribution in [0.2, 0.25) is 0 Å². The Bertz CT molecular complexity index is 674. The van der Waals surface area contributed by atoms with E-state index in [4.69, 9.17) is 5.73 Å². The molecule has 0 bridgehead atoms. The number of hydrogen-bond acceptors (Lipinski definition) is 4. The second-order valence-corrected chi connectivity index (χ2v) is 6.92. The molecular formula is C13H19N3O2S. The van der Waals surface area contributed by atoms with E-state index in [0.717, 1.165) is 10.9 Å². The summed E-state index contributed by atoms with van der Waals surface area (Å²) < 4.78 is 25.9. The van der Waals surface area contributed by atoms with Crippen molar-refractivity contribution in [1.29, 1.82) is 0 Å². The maximum Gasteiger partial charge on any atom is 0.157 e. The Morgan fingerprint density at radius 3 is 2.68 bits per heavy atom. The van der Waals surface area contributed by atoms with E-state index in [2.05, 4.69) is 5.10 Å². The molecule has 0 saturated carbocycles. The topological polar surface area (TPSA) is 78.0 Å². The average Bonchev–Trinajstić information content (AvgIpc) is 2.65. The number of fused-ring (bicyclic) bond motifs is 1. The number of aryl methyl sites for hydroxylation is 1. The molecule has 0 radical (unpaired) electrons. The van der Waals surface area contributed by atoms with E-state index in [-0.39, 0.29) is 17.5 Å². The predicted octanol–water partition coefficient (Wildman–Crippen LogP) is 1.32. The number of nitrogens with zero attached hydrogens (tertiary/aromatic N) is 2. The zero-order valence-electron chi connectivity index (χ0n) is 11.2. The molecule has 5 nitrogen and oxygen atoms in total. The summed E-state index contributed by atoms with van der Waals surface area (Å²) >= 11 is 0. The molecule has 1 atom stereocenters. The SMILES string of the molecule is CCn1nc(CS(=O)(=O)CC(C)N)c2ccccc21. The van der Waals surface area contributed by atoms with E-state index in [9.17, 15) is 8.42 Å². The maximum atomic E-state index is 12.0. The quantitative estimate of drug-likeness (QED) is 0.896. The van der Waals surface area contributed by atoms with Crippen molar-refractivity contribution in [2.45, 2.75) is 32.2 Å². The summed E-state index contributed by atoms with van der Waals surface area (Å²) in [7, 11) is -3.22. The summed E-state index contributed by atoms with van der Waals surface area (Å²) in [4.78, 5) is 0. The monoisotopic (exact) mass is 281 g/mol. The van der Waals surface area contributed by atoms with E-state index < -0.39 is 9.84 Å². The van der Waals surface area contributed by atoms with E-state index >= 15 is 0 Å². The zero-order valence-corrected chi connectivity index (χ0v) is 12.0. The van der Waals surface area contributed by atoms with Gasteiger partial charge in [0.15, 0.2) is 9.84 Å². The van der Waals surface area contributed by atoms with Crippen molar-refractivity contribution >= 4 is 20.7 Å². The minimum atomic E-state index is -3.22. The molecule has 19 heavy (non-hydrogen) atoms. The molecule has 0 spiro atoms. The molecule has 0 aliphatic rings. The standard InChI is InChI=1S/C13H19N3O2S/c1-3-16-13-7-5-4-6-11(13)12(15-16)9-19(17,18)8-10(2)14/h4-7,10H,3,8-9,14H2,1-2H3. The predicted molar refractivity (Wildman–Crippen MR) is 76.5 cm³/mol. The first-order chi connectivity index (χ1) is 8.93. The largest absolute Gasteiger partial charge is 0.327 e. The fourth-order valence-electron chi connectivity index (χ4n) is 2.21. The average molecular weight is 281 g/mol. The number of rotatable bonds is 5. The minimum absolute atomic E-state index is 0.0136. The van der Waals surface area contributed by atoms with Gasteiger partial charge in [0.2, 0.25) is 0 Å². The van der Waals surface area contributed by atoms with Gasteiger partial charge in [-0.25, -0.2) is 8.42 Å². The first-order valence-electron chi connectivity index (χ1n) is 6.33. The molecule has 0 amide bonds. The second-order valence-electron chi connectivity index (χ2n) is 4.81. The molecule has 2 N–H and O–H groups in total. The van der Waals surface area contributed by atoms with E-state index in [1.165, 1.54) is 0 Å². The Balaban J connectivity index is 2.41. The van der Waals surface area contributed by atoms with Gasteiger partial charge in [-0.3, -0.25) is 4.68 Å². The van der Waals surface area contributed by atoms with Gasteiger partial charge in [-0.1, -0.05) is 18.2 Å². The number of hydrogen-bond donors (Lipinski definition) is 1. The molecule has 1 heterocycles. The number of nitrogens with two attached hydrogens (primary N) is 1. The zero-order chi connectivity index (χ0) is 14.0. The van der Waals surface area contributed by atoms with Gasteiger partial charge in [0.1, 0.15) is 0 Å². The van der Waals surface area contributed by atoms with Crippen molar-refractivity contribution in [3.05, 3.63) is 30.0 Å². The molecule has 0 saturated heterocycles. The number of benzene rings is 1. The van der Waals surface area contributed by atoms with Crippen LogP contribution in [0.15, 0.2) is 24.3 Å². The molecule has 6 heteroatoms. The van der Waals surface area contributed by atoms with Crippen molar-refractivity contribution in [2.24, 2.45) is 5.73 Å². The molecule has 2 aromatic rings. The van der Waals surface area contributed by atoms with Crippen molar-refractivity contribution in [3.63, 3.8) is 0 Å². The summed E-state index contributed by atoms with van der Waals surface area (Å²) in [6.07, 6.45) is 0. The Labute approximate surface area is 113 Å². The highest BCUT2D eigenvalue weighted by atomic mass is 32.2. The van der Waals surface area contributed by atoms with Gasteiger partial charge in [0.25, 0.3) is 0 Å². The molecule has 0 aliphatic carbocycles. The first-order valence-corrected chi connectivity index (χ1v) is 8.15. The molecule has 0 aliphatic heterocycles. The highest BCUT2D eigenvalue weighted by molar-refractivity contribution is 7.90. The van der Waals surface area contributed by atoms with Gasteiger partial charge in [0, 0.05) is 18.0 Å². The van der Waals surface area contributed by atoms with Crippen LogP contribution in [0.25, 0.3) is 10.9 Å².